The van der Waals surface area contributed by atoms with E-state index in [-0.39, 0.29) is 0 Å². The number of benzene rings is 12. The van der Waals surface area contributed by atoms with Gasteiger partial charge in [-0.25, -0.2) is 0 Å². The van der Waals surface area contributed by atoms with Gasteiger partial charge in [-0.3, -0.25) is 0 Å². The third kappa shape index (κ3) is 5.85. The molecule has 0 bridgehead atoms. The fourth-order valence-electron chi connectivity index (χ4n) is 10.7. The topological polar surface area (TPSA) is 29.5 Å². The summed E-state index contributed by atoms with van der Waals surface area (Å²) < 4.78 is 13.9. The fourth-order valence-corrected chi connectivity index (χ4v) is 10.7. The van der Waals surface area contributed by atoms with E-state index in [0.29, 0.717) is 0 Å². The quantitative estimate of drug-likeness (QED) is 0.156. The second kappa shape index (κ2) is 14.8. The maximum atomic E-state index is 7.38. The molecule has 312 valence electrons. The Morgan fingerprint density at radius 2 is 0.791 bits per heavy atom. The SMILES string of the molecule is c1ccc(-c2ccc(N(c3ccc(-c4cccc5c4oc4ccccc45)cc3)c3cccc4c3oc3c(-c5ccc6c7ccccc7c7ccccc7c6c5)c5ccccc5cc34)cc2)cc1. The number of nitrogens with zero attached hydrogens (tertiary/aromatic N) is 1. The van der Waals surface area contributed by atoms with Gasteiger partial charge in [0.25, 0.3) is 0 Å². The van der Waals surface area contributed by atoms with E-state index >= 15 is 0 Å². The van der Waals surface area contributed by atoms with Crippen molar-refractivity contribution in [2.45, 2.75) is 0 Å². The molecule has 3 heteroatoms. The molecule has 2 heterocycles. The van der Waals surface area contributed by atoms with Crippen LogP contribution in [0, 0.1) is 0 Å². The molecule has 0 unspecified atom stereocenters. The zero-order valence-electron chi connectivity index (χ0n) is 36.3. The van der Waals surface area contributed by atoms with E-state index in [9.17, 15) is 0 Å². The molecular weight excluding hydrogens is 815 g/mol. The molecule has 67 heavy (non-hydrogen) atoms. The summed E-state index contributed by atoms with van der Waals surface area (Å²) in [5.74, 6) is 0. The first-order valence-corrected chi connectivity index (χ1v) is 22.9. The lowest BCUT2D eigenvalue weighted by atomic mass is 9.90. The molecule has 0 aliphatic carbocycles. The van der Waals surface area contributed by atoms with E-state index in [4.69, 9.17) is 8.83 Å². The Morgan fingerprint density at radius 3 is 1.51 bits per heavy atom. The first-order chi connectivity index (χ1) is 33.2. The lowest BCUT2D eigenvalue weighted by Crippen LogP contribution is -2.10. The van der Waals surface area contributed by atoms with Crippen LogP contribution in [0.25, 0.3) is 120 Å². The van der Waals surface area contributed by atoms with Crippen molar-refractivity contribution in [1.29, 1.82) is 0 Å². The molecule has 14 rings (SSSR count). The van der Waals surface area contributed by atoms with Crippen LogP contribution < -0.4 is 4.90 Å². The van der Waals surface area contributed by atoms with Crippen molar-refractivity contribution in [3.05, 3.63) is 237 Å². The molecule has 14 aromatic rings. The zero-order chi connectivity index (χ0) is 44.0. The smallest absolute Gasteiger partial charge is 0.159 e. The van der Waals surface area contributed by atoms with Crippen molar-refractivity contribution in [1.82, 2.24) is 0 Å². The van der Waals surface area contributed by atoms with E-state index in [0.717, 1.165) is 94.1 Å². The Bertz CT molecular complexity index is 4220. The first kappa shape index (κ1) is 37.5. The largest absolute Gasteiger partial charge is 0.455 e. The average molecular weight is 854 g/mol. The summed E-state index contributed by atoms with van der Waals surface area (Å²) in [6.07, 6.45) is 0. The summed E-state index contributed by atoms with van der Waals surface area (Å²) in [6, 6.07) is 85.0. The maximum absolute atomic E-state index is 7.38. The van der Waals surface area contributed by atoms with E-state index in [1.807, 2.05) is 12.1 Å². The average Bonchev–Trinajstić information content (AvgIpc) is 3.98. The van der Waals surface area contributed by atoms with Crippen LogP contribution in [0.1, 0.15) is 0 Å². The Morgan fingerprint density at radius 1 is 0.269 bits per heavy atom. The van der Waals surface area contributed by atoms with Crippen molar-refractivity contribution in [3.8, 4) is 33.4 Å². The lowest BCUT2D eigenvalue weighted by molar-refractivity contribution is 0.670. The van der Waals surface area contributed by atoms with Crippen molar-refractivity contribution >= 4 is 104 Å². The van der Waals surface area contributed by atoms with E-state index in [2.05, 4.69) is 229 Å². The van der Waals surface area contributed by atoms with Crippen LogP contribution in [-0.4, -0.2) is 0 Å². The van der Waals surface area contributed by atoms with Crippen molar-refractivity contribution in [2.24, 2.45) is 0 Å². The molecule has 12 aromatic carbocycles. The molecule has 0 atom stereocenters. The number of hydrogen-bond acceptors (Lipinski definition) is 3. The molecule has 2 aromatic heterocycles. The van der Waals surface area contributed by atoms with E-state index < -0.39 is 0 Å². The highest BCUT2D eigenvalue weighted by atomic mass is 16.3. The predicted octanol–water partition coefficient (Wildman–Crippen LogP) is 18.6. The van der Waals surface area contributed by atoms with Gasteiger partial charge in [0.2, 0.25) is 0 Å². The van der Waals surface area contributed by atoms with Gasteiger partial charge in [-0.15, -0.1) is 0 Å². The molecule has 0 saturated carbocycles. The summed E-state index contributed by atoms with van der Waals surface area (Å²) >= 11 is 0. The third-order valence-corrected chi connectivity index (χ3v) is 13.8. The number of hydrogen-bond donors (Lipinski definition) is 0. The van der Waals surface area contributed by atoms with Gasteiger partial charge >= 0.3 is 0 Å². The minimum Gasteiger partial charge on any atom is -0.455 e. The number of furan rings is 2. The van der Waals surface area contributed by atoms with Gasteiger partial charge in [-0.1, -0.05) is 188 Å². The minimum atomic E-state index is 0.828. The number of rotatable bonds is 6. The third-order valence-electron chi connectivity index (χ3n) is 13.8. The first-order valence-electron chi connectivity index (χ1n) is 22.9. The molecule has 0 N–H and O–H groups in total. The zero-order valence-corrected chi connectivity index (χ0v) is 36.3. The Kier molecular flexibility index (Phi) is 8.28. The molecule has 0 saturated heterocycles. The van der Waals surface area contributed by atoms with Crippen LogP contribution in [-0.2, 0) is 0 Å². The highest BCUT2D eigenvalue weighted by Crippen LogP contribution is 2.48. The Balaban J connectivity index is 0.979. The van der Waals surface area contributed by atoms with Gasteiger partial charge in [-0.2, -0.15) is 0 Å². The highest BCUT2D eigenvalue weighted by Gasteiger charge is 2.23. The summed E-state index contributed by atoms with van der Waals surface area (Å²) in [4.78, 5) is 2.33. The summed E-state index contributed by atoms with van der Waals surface area (Å²) in [5, 5.41) is 14.2. The van der Waals surface area contributed by atoms with Crippen molar-refractivity contribution in [2.75, 3.05) is 4.90 Å². The lowest BCUT2D eigenvalue weighted by Gasteiger charge is -2.26. The minimum absolute atomic E-state index is 0.828. The molecule has 0 spiro atoms. The number of para-hydroxylation sites is 3. The van der Waals surface area contributed by atoms with Gasteiger partial charge in [0.15, 0.2) is 5.58 Å². The van der Waals surface area contributed by atoms with Crippen molar-refractivity contribution in [3.63, 3.8) is 0 Å². The van der Waals surface area contributed by atoms with Gasteiger partial charge in [-0.05, 0) is 114 Å². The summed E-state index contributed by atoms with van der Waals surface area (Å²) in [5.41, 5.74) is 13.2. The van der Waals surface area contributed by atoms with Gasteiger partial charge in [0.05, 0.1) is 5.69 Å². The van der Waals surface area contributed by atoms with Crippen LogP contribution in [0.5, 0.6) is 0 Å². The second-order valence-electron chi connectivity index (χ2n) is 17.5. The standard InChI is InChI=1S/C64H39NO2/c1-2-14-40(15-3-1)41-28-33-45(34-29-41)65(46-35-30-42(31-36-46)48-23-12-24-55-54-22-10-11-27-60(54)66-62(48)55)59-26-13-25-56-58-38-43-16-4-5-17-47(43)61(64(58)67-63(56)59)44-32-37-53-51-20-7-6-18-49(51)50-19-8-9-21-52(50)57(53)39-44/h1-39H. The van der Waals surface area contributed by atoms with Crippen LogP contribution >= 0.6 is 0 Å². The fraction of sp³-hybridized carbons (Fsp3) is 0. The molecule has 0 aliphatic rings. The number of anilines is 3. The van der Waals surface area contributed by atoms with Crippen molar-refractivity contribution < 1.29 is 8.83 Å². The van der Waals surface area contributed by atoms with Gasteiger partial charge in [0.1, 0.15) is 16.7 Å². The Hall–Kier alpha value is -8.92. The summed E-state index contributed by atoms with van der Waals surface area (Å²) in [6.45, 7) is 0. The van der Waals surface area contributed by atoms with E-state index in [1.54, 1.807) is 0 Å². The molecule has 3 nitrogen and oxygen atoms in total. The summed E-state index contributed by atoms with van der Waals surface area (Å²) in [7, 11) is 0. The number of fused-ring (bicyclic) bond motifs is 13. The second-order valence-corrected chi connectivity index (χ2v) is 17.5. The molecule has 0 fully saturated rings. The van der Waals surface area contributed by atoms with Crippen LogP contribution in [0.4, 0.5) is 17.1 Å². The van der Waals surface area contributed by atoms with E-state index in [1.165, 1.54) is 43.3 Å². The predicted molar refractivity (Wildman–Crippen MR) is 282 cm³/mol. The van der Waals surface area contributed by atoms with Gasteiger partial charge in [0, 0.05) is 44.0 Å². The maximum Gasteiger partial charge on any atom is 0.159 e. The highest BCUT2D eigenvalue weighted by molar-refractivity contribution is 6.27. The van der Waals surface area contributed by atoms with Crippen LogP contribution in [0.2, 0.25) is 0 Å². The van der Waals surface area contributed by atoms with Gasteiger partial charge < -0.3 is 13.7 Å². The Labute approximate surface area is 386 Å². The normalized spacial score (nSPS) is 11.9. The molecule has 0 radical (unpaired) electrons. The molecule has 0 aliphatic heterocycles. The van der Waals surface area contributed by atoms with Crippen LogP contribution in [0.15, 0.2) is 245 Å². The molecule has 0 amide bonds. The molecular formula is C64H39NO2. The van der Waals surface area contributed by atoms with Crippen LogP contribution in [0.3, 0.4) is 0 Å². The monoisotopic (exact) mass is 853 g/mol.